The molecule has 9 heteroatoms. The first-order valence-electron chi connectivity index (χ1n) is 10.3. The molecule has 0 spiro atoms. The molecule has 2 aliphatic rings. The van der Waals surface area contributed by atoms with Gasteiger partial charge in [-0.25, -0.2) is 14.1 Å². The van der Waals surface area contributed by atoms with Gasteiger partial charge in [-0.3, -0.25) is 14.2 Å². The zero-order chi connectivity index (χ0) is 20.7. The molecular formula is C21H22FN5O2S. The van der Waals surface area contributed by atoms with E-state index in [9.17, 15) is 14.0 Å². The van der Waals surface area contributed by atoms with Gasteiger partial charge in [0.25, 0.3) is 5.56 Å². The molecule has 1 atom stereocenters. The minimum absolute atomic E-state index is 0.00523. The lowest BCUT2D eigenvalue weighted by Crippen LogP contribution is -2.38. The van der Waals surface area contributed by atoms with E-state index >= 15 is 0 Å². The lowest BCUT2D eigenvalue weighted by molar-refractivity contribution is -0.122. The Balaban J connectivity index is 1.42. The maximum Gasteiger partial charge on any atom is 0.265 e. The van der Waals surface area contributed by atoms with Gasteiger partial charge in [-0.05, 0) is 37.1 Å². The third-order valence-corrected chi connectivity index (χ3v) is 6.93. The van der Waals surface area contributed by atoms with Crippen LogP contribution in [0.5, 0.6) is 0 Å². The molecule has 5 rings (SSSR count). The smallest absolute Gasteiger partial charge is 0.265 e. The van der Waals surface area contributed by atoms with E-state index in [1.54, 1.807) is 21.4 Å². The standard InChI is InChI=1S/C21H22FN5O2S/c22-13-6-8-15(9-7-13)27-19-17(11-23-27)20(29)26-16(12-30-21(26)25-19)10-18(28)24-14-4-2-1-3-5-14/h6-9,11,14,16H,1-5,10,12H2,(H,24,28). The van der Waals surface area contributed by atoms with E-state index in [2.05, 4.69) is 15.4 Å². The van der Waals surface area contributed by atoms with Gasteiger partial charge in [0.1, 0.15) is 11.2 Å². The van der Waals surface area contributed by atoms with Crippen LogP contribution in [-0.2, 0) is 4.79 Å². The molecule has 0 radical (unpaired) electrons. The van der Waals surface area contributed by atoms with E-state index in [1.807, 2.05) is 0 Å². The zero-order valence-corrected chi connectivity index (χ0v) is 17.2. The number of nitrogens with zero attached hydrogens (tertiary/aromatic N) is 4. The molecule has 1 aliphatic heterocycles. The summed E-state index contributed by atoms with van der Waals surface area (Å²) in [7, 11) is 0. The van der Waals surface area contributed by atoms with Crippen LogP contribution in [0.15, 0.2) is 40.4 Å². The highest BCUT2D eigenvalue weighted by Gasteiger charge is 2.30. The summed E-state index contributed by atoms with van der Waals surface area (Å²) in [4.78, 5) is 30.4. The summed E-state index contributed by atoms with van der Waals surface area (Å²) in [6.45, 7) is 0. The van der Waals surface area contributed by atoms with Gasteiger partial charge < -0.3 is 5.32 Å². The van der Waals surface area contributed by atoms with Crippen LogP contribution in [0.2, 0.25) is 0 Å². The van der Waals surface area contributed by atoms with Crippen molar-refractivity contribution in [2.75, 3.05) is 5.75 Å². The number of benzene rings is 1. The second-order valence-electron chi connectivity index (χ2n) is 7.91. The Kier molecular flexibility index (Phi) is 5.06. The van der Waals surface area contributed by atoms with Crippen LogP contribution < -0.4 is 10.9 Å². The lowest BCUT2D eigenvalue weighted by atomic mass is 9.95. The van der Waals surface area contributed by atoms with E-state index in [0.717, 1.165) is 25.7 Å². The van der Waals surface area contributed by atoms with Crippen molar-refractivity contribution in [3.8, 4) is 5.69 Å². The number of carbonyl (C=O) groups excluding carboxylic acids is 1. The van der Waals surface area contributed by atoms with Crippen LogP contribution in [-0.4, -0.2) is 37.0 Å². The average Bonchev–Trinajstić information content (AvgIpc) is 3.34. The predicted molar refractivity (Wildman–Crippen MR) is 112 cm³/mol. The molecular weight excluding hydrogens is 405 g/mol. The number of amides is 1. The molecule has 1 fully saturated rings. The van der Waals surface area contributed by atoms with Crippen molar-refractivity contribution in [2.45, 2.75) is 55.8 Å². The SMILES string of the molecule is O=C(CC1CSc2nc3c(cnn3-c3ccc(F)cc3)c(=O)n21)NC1CCCCC1. The molecule has 30 heavy (non-hydrogen) atoms. The topological polar surface area (TPSA) is 81.8 Å². The van der Waals surface area contributed by atoms with E-state index in [0.29, 0.717) is 27.6 Å². The minimum Gasteiger partial charge on any atom is -0.353 e. The predicted octanol–water partition coefficient (Wildman–Crippen LogP) is 3.21. The van der Waals surface area contributed by atoms with Crippen molar-refractivity contribution in [1.29, 1.82) is 0 Å². The summed E-state index contributed by atoms with van der Waals surface area (Å²) in [6, 6.07) is 5.93. The lowest BCUT2D eigenvalue weighted by Gasteiger charge is -2.23. The summed E-state index contributed by atoms with van der Waals surface area (Å²) in [5.74, 6) is 0.292. The number of halogens is 1. The van der Waals surface area contributed by atoms with Gasteiger partial charge in [-0.1, -0.05) is 31.0 Å². The first-order valence-corrected chi connectivity index (χ1v) is 11.3. The number of hydrogen-bond acceptors (Lipinski definition) is 5. The van der Waals surface area contributed by atoms with E-state index in [4.69, 9.17) is 0 Å². The molecule has 3 heterocycles. The highest BCUT2D eigenvalue weighted by molar-refractivity contribution is 7.99. The molecule has 7 nitrogen and oxygen atoms in total. The van der Waals surface area contributed by atoms with Crippen molar-refractivity contribution in [1.82, 2.24) is 24.6 Å². The highest BCUT2D eigenvalue weighted by Crippen LogP contribution is 2.33. The van der Waals surface area contributed by atoms with Crippen LogP contribution in [0, 0.1) is 5.82 Å². The van der Waals surface area contributed by atoms with Gasteiger partial charge in [0.2, 0.25) is 5.91 Å². The molecule has 1 amide bonds. The molecule has 0 bridgehead atoms. The van der Waals surface area contributed by atoms with Gasteiger partial charge in [0.05, 0.1) is 17.9 Å². The third-order valence-electron chi connectivity index (χ3n) is 5.83. The Hall–Kier alpha value is -2.68. The van der Waals surface area contributed by atoms with Crippen LogP contribution in [0.25, 0.3) is 16.7 Å². The Morgan fingerprint density at radius 3 is 2.73 bits per heavy atom. The fourth-order valence-electron chi connectivity index (χ4n) is 4.30. The second kappa shape index (κ2) is 7.86. The first kappa shape index (κ1) is 19.3. The van der Waals surface area contributed by atoms with Crippen LogP contribution in [0.4, 0.5) is 4.39 Å². The molecule has 1 N–H and O–H groups in total. The fourth-order valence-corrected chi connectivity index (χ4v) is 5.43. The van der Waals surface area contributed by atoms with Gasteiger partial charge in [-0.2, -0.15) is 5.10 Å². The van der Waals surface area contributed by atoms with Gasteiger partial charge >= 0.3 is 0 Å². The van der Waals surface area contributed by atoms with Crippen LogP contribution in [0.3, 0.4) is 0 Å². The summed E-state index contributed by atoms with van der Waals surface area (Å²) in [6.07, 6.45) is 7.39. The minimum atomic E-state index is -0.339. The number of hydrogen-bond donors (Lipinski definition) is 1. The first-order chi connectivity index (χ1) is 14.6. The van der Waals surface area contributed by atoms with Crippen LogP contribution >= 0.6 is 11.8 Å². The van der Waals surface area contributed by atoms with Crippen molar-refractivity contribution < 1.29 is 9.18 Å². The number of fused-ring (bicyclic) bond motifs is 2. The number of rotatable bonds is 4. The number of nitrogens with one attached hydrogen (secondary N) is 1. The van der Waals surface area contributed by atoms with Gasteiger partial charge in [0, 0.05) is 18.2 Å². The zero-order valence-electron chi connectivity index (χ0n) is 16.4. The summed E-state index contributed by atoms with van der Waals surface area (Å²) in [5, 5.41) is 8.40. The maximum absolute atomic E-state index is 13.2. The molecule has 0 saturated heterocycles. The van der Waals surface area contributed by atoms with Crippen LogP contribution in [0.1, 0.15) is 44.6 Å². The molecule has 156 valence electrons. The van der Waals surface area contributed by atoms with E-state index < -0.39 is 0 Å². The van der Waals surface area contributed by atoms with Crippen molar-refractivity contribution >= 4 is 28.7 Å². The molecule has 1 unspecified atom stereocenters. The Bertz CT molecular complexity index is 1150. The molecule has 2 aromatic heterocycles. The number of thioether (sulfide) groups is 1. The summed E-state index contributed by atoms with van der Waals surface area (Å²) in [5.41, 5.74) is 0.885. The monoisotopic (exact) mass is 427 g/mol. The van der Waals surface area contributed by atoms with Crippen molar-refractivity contribution in [3.05, 3.63) is 46.6 Å². The molecule has 1 aromatic carbocycles. The number of aromatic nitrogens is 4. The van der Waals surface area contributed by atoms with Gasteiger partial charge in [-0.15, -0.1) is 0 Å². The summed E-state index contributed by atoms with van der Waals surface area (Å²) < 4.78 is 16.4. The molecule has 3 aromatic rings. The highest BCUT2D eigenvalue weighted by atomic mass is 32.2. The fraction of sp³-hybridized carbons (Fsp3) is 0.429. The third kappa shape index (κ3) is 3.51. The largest absolute Gasteiger partial charge is 0.353 e. The maximum atomic E-state index is 13.2. The van der Waals surface area contributed by atoms with Gasteiger partial charge in [0.15, 0.2) is 10.8 Å². The Morgan fingerprint density at radius 2 is 1.97 bits per heavy atom. The second-order valence-corrected chi connectivity index (χ2v) is 8.90. The molecule has 1 saturated carbocycles. The van der Waals surface area contributed by atoms with E-state index in [-0.39, 0.29) is 35.8 Å². The van der Waals surface area contributed by atoms with Crippen molar-refractivity contribution in [3.63, 3.8) is 0 Å². The quantitative estimate of drug-likeness (QED) is 0.647. The Morgan fingerprint density at radius 1 is 1.20 bits per heavy atom. The number of carbonyl (C=O) groups is 1. The Labute approximate surface area is 176 Å². The average molecular weight is 428 g/mol. The normalized spacial score (nSPS) is 19.2. The summed E-state index contributed by atoms with van der Waals surface area (Å²) >= 11 is 1.47. The molecule has 1 aliphatic carbocycles. The van der Waals surface area contributed by atoms with Crippen molar-refractivity contribution in [2.24, 2.45) is 0 Å². The van der Waals surface area contributed by atoms with E-state index in [1.165, 1.54) is 36.5 Å².